The van der Waals surface area contributed by atoms with Gasteiger partial charge in [-0.15, -0.1) is 24.8 Å². The third kappa shape index (κ3) is 9.88. The Morgan fingerprint density at radius 2 is 1.61 bits per heavy atom. The normalized spacial score (nSPS) is 22.2. The van der Waals surface area contributed by atoms with Crippen molar-refractivity contribution in [2.75, 3.05) is 32.7 Å². The van der Waals surface area contributed by atoms with Crippen LogP contribution in [0.3, 0.4) is 0 Å². The molecule has 3 rings (SSSR count). The maximum Gasteiger partial charge on any atom is 0.120 e. The number of benzene rings is 1. The summed E-state index contributed by atoms with van der Waals surface area (Å²) in [6, 6.07) is 7.32. The number of nitrogens with zero attached hydrogens (tertiary/aromatic N) is 2. The standard InChI is InChI=1S/C27H45BrN2O.2ClH/c1-5-30(6-2)25-9-7-22(8-10-25)13-16-29-17-14-23(15-18-29)19-24-20-26(31-21(3)4)11-12-27(24)28;;/h11-12,20-23,25H,5-10,13-19H2,1-4H3;2*1H. The molecule has 0 atom stereocenters. The number of hydrogen-bond acceptors (Lipinski definition) is 3. The van der Waals surface area contributed by atoms with Gasteiger partial charge in [0, 0.05) is 10.5 Å². The summed E-state index contributed by atoms with van der Waals surface area (Å²) in [5, 5.41) is 0. The Morgan fingerprint density at radius 3 is 2.18 bits per heavy atom. The van der Waals surface area contributed by atoms with Gasteiger partial charge in [-0.2, -0.15) is 0 Å². The Bertz CT molecular complexity index is 656. The molecule has 6 heteroatoms. The number of halogens is 3. The van der Waals surface area contributed by atoms with E-state index >= 15 is 0 Å². The first-order chi connectivity index (χ1) is 15.0. The van der Waals surface area contributed by atoms with E-state index in [0.29, 0.717) is 0 Å². The Labute approximate surface area is 224 Å². The van der Waals surface area contributed by atoms with Crippen LogP contribution in [0.25, 0.3) is 0 Å². The fourth-order valence-corrected chi connectivity index (χ4v) is 6.09. The molecule has 192 valence electrons. The van der Waals surface area contributed by atoms with E-state index in [1.54, 1.807) is 0 Å². The van der Waals surface area contributed by atoms with E-state index < -0.39 is 0 Å². The van der Waals surface area contributed by atoms with Gasteiger partial charge in [0.25, 0.3) is 0 Å². The van der Waals surface area contributed by atoms with Crippen molar-refractivity contribution in [1.82, 2.24) is 9.80 Å². The highest BCUT2D eigenvalue weighted by Gasteiger charge is 2.26. The largest absolute Gasteiger partial charge is 0.491 e. The molecule has 1 aliphatic carbocycles. The van der Waals surface area contributed by atoms with Crippen molar-refractivity contribution < 1.29 is 4.74 Å². The highest BCUT2D eigenvalue weighted by Crippen LogP contribution is 2.32. The summed E-state index contributed by atoms with van der Waals surface area (Å²) < 4.78 is 7.13. The fraction of sp³-hybridized carbons (Fsp3) is 0.778. The van der Waals surface area contributed by atoms with Crippen LogP contribution in [0.4, 0.5) is 0 Å². The van der Waals surface area contributed by atoms with Crippen LogP contribution in [-0.2, 0) is 6.42 Å². The van der Waals surface area contributed by atoms with Gasteiger partial charge in [-0.3, -0.25) is 0 Å². The zero-order valence-electron chi connectivity index (χ0n) is 21.2. The molecule has 0 radical (unpaired) electrons. The molecule has 1 heterocycles. The third-order valence-electron chi connectivity index (χ3n) is 7.60. The van der Waals surface area contributed by atoms with Crippen molar-refractivity contribution in [2.24, 2.45) is 11.8 Å². The quantitative estimate of drug-likeness (QED) is 0.290. The first-order valence-electron chi connectivity index (χ1n) is 12.9. The topological polar surface area (TPSA) is 15.7 Å². The SMILES string of the molecule is CCN(CC)C1CCC(CCN2CCC(Cc3cc(OC(C)C)ccc3Br)CC2)CC1.Cl.Cl. The molecular formula is C27H47BrCl2N2O. The smallest absolute Gasteiger partial charge is 0.120 e. The van der Waals surface area contributed by atoms with Crippen LogP contribution in [0.2, 0.25) is 0 Å². The summed E-state index contributed by atoms with van der Waals surface area (Å²) in [5.41, 5.74) is 1.40. The maximum atomic E-state index is 5.91. The Morgan fingerprint density at radius 1 is 0.970 bits per heavy atom. The van der Waals surface area contributed by atoms with Gasteiger partial charge in [0.05, 0.1) is 6.10 Å². The van der Waals surface area contributed by atoms with Crippen molar-refractivity contribution >= 4 is 40.7 Å². The maximum absolute atomic E-state index is 5.91. The lowest BCUT2D eigenvalue weighted by molar-refractivity contribution is 0.130. The van der Waals surface area contributed by atoms with Gasteiger partial charge in [0.15, 0.2) is 0 Å². The van der Waals surface area contributed by atoms with Crippen LogP contribution in [0.15, 0.2) is 22.7 Å². The Kier molecular flexibility index (Phi) is 14.9. The first-order valence-corrected chi connectivity index (χ1v) is 13.7. The zero-order valence-corrected chi connectivity index (χ0v) is 24.4. The second-order valence-electron chi connectivity index (χ2n) is 10.1. The van der Waals surface area contributed by atoms with E-state index in [1.807, 2.05) is 0 Å². The number of likely N-dealkylation sites (tertiary alicyclic amines) is 1. The molecule has 1 aromatic carbocycles. The van der Waals surface area contributed by atoms with E-state index in [1.165, 1.54) is 94.1 Å². The van der Waals surface area contributed by atoms with Crippen molar-refractivity contribution in [2.45, 2.75) is 91.2 Å². The molecule has 0 spiro atoms. The molecule has 3 nitrogen and oxygen atoms in total. The van der Waals surface area contributed by atoms with Gasteiger partial charge in [-0.05, 0) is 134 Å². The van der Waals surface area contributed by atoms with Crippen molar-refractivity contribution in [1.29, 1.82) is 0 Å². The summed E-state index contributed by atoms with van der Waals surface area (Å²) in [4.78, 5) is 5.41. The minimum Gasteiger partial charge on any atom is -0.491 e. The van der Waals surface area contributed by atoms with Crippen LogP contribution in [-0.4, -0.2) is 54.7 Å². The molecule has 0 unspecified atom stereocenters. The minimum atomic E-state index is 0. The monoisotopic (exact) mass is 564 g/mol. The molecule has 1 aliphatic heterocycles. The van der Waals surface area contributed by atoms with Crippen LogP contribution in [0.1, 0.15) is 78.2 Å². The lowest BCUT2D eigenvalue weighted by Gasteiger charge is -2.37. The van der Waals surface area contributed by atoms with Gasteiger partial charge >= 0.3 is 0 Å². The fourth-order valence-electron chi connectivity index (χ4n) is 5.68. The summed E-state index contributed by atoms with van der Waals surface area (Å²) in [6.07, 6.45) is 11.2. The molecule has 1 aromatic rings. The average Bonchev–Trinajstić information content (AvgIpc) is 2.77. The van der Waals surface area contributed by atoms with Gasteiger partial charge in [-0.1, -0.05) is 29.8 Å². The number of piperidine rings is 1. The summed E-state index contributed by atoms with van der Waals surface area (Å²) in [6.45, 7) is 15.1. The summed E-state index contributed by atoms with van der Waals surface area (Å²) in [7, 11) is 0. The molecule has 0 aromatic heterocycles. The van der Waals surface area contributed by atoms with Crippen molar-refractivity contribution in [3.63, 3.8) is 0 Å². The number of rotatable bonds is 10. The number of hydrogen-bond donors (Lipinski definition) is 0. The lowest BCUT2D eigenvalue weighted by atomic mass is 9.83. The predicted octanol–water partition coefficient (Wildman–Crippen LogP) is 7.63. The summed E-state index contributed by atoms with van der Waals surface area (Å²) in [5.74, 6) is 2.76. The van der Waals surface area contributed by atoms with E-state index in [0.717, 1.165) is 23.6 Å². The van der Waals surface area contributed by atoms with Crippen LogP contribution >= 0.6 is 40.7 Å². The van der Waals surface area contributed by atoms with Crippen LogP contribution in [0, 0.1) is 11.8 Å². The Balaban J connectivity index is 0.00000272. The van der Waals surface area contributed by atoms with Crippen molar-refractivity contribution in [3.8, 4) is 5.75 Å². The van der Waals surface area contributed by atoms with Gasteiger partial charge in [-0.25, -0.2) is 0 Å². The molecule has 2 aliphatic rings. The molecule has 0 N–H and O–H groups in total. The molecule has 1 saturated heterocycles. The summed E-state index contributed by atoms with van der Waals surface area (Å²) >= 11 is 3.76. The third-order valence-corrected chi connectivity index (χ3v) is 8.38. The zero-order chi connectivity index (χ0) is 22.2. The minimum absolute atomic E-state index is 0. The second-order valence-corrected chi connectivity index (χ2v) is 10.9. The number of ether oxygens (including phenoxy) is 1. The van der Waals surface area contributed by atoms with Crippen LogP contribution in [0.5, 0.6) is 5.75 Å². The molecule has 33 heavy (non-hydrogen) atoms. The van der Waals surface area contributed by atoms with Gasteiger partial charge in [0.1, 0.15) is 5.75 Å². The Hall–Kier alpha value is -0.000000000000000111. The molecule has 1 saturated carbocycles. The molecule has 2 fully saturated rings. The van der Waals surface area contributed by atoms with Gasteiger partial charge < -0.3 is 14.5 Å². The van der Waals surface area contributed by atoms with E-state index in [4.69, 9.17) is 4.74 Å². The first kappa shape index (κ1) is 31.0. The second kappa shape index (κ2) is 15.9. The molecule has 0 bridgehead atoms. The van der Waals surface area contributed by atoms with E-state index in [-0.39, 0.29) is 30.9 Å². The van der Waals surface area contributed by atoms with E-state index in [2.05, 4.69) is 71.6 Å². The lowest BCUT2D eigenvalue weighted by Crippen LogP contribution is -2.39. The molecular weight excluding hydrogens is 519 g/mol. The average molecular weight is 566 g/mol. The van der Waals surface area contributed by atoms with E-state index in [9.17, 15) is 0 Å². The predicted molar refractivity (Wildman–Crippen MR) is 151 cm³/mol. The molecule has 0 amide bonds. The van der Waals surface area contributed by atoms with Gasteiger partial charge in [0.2, 0.25) is 0 Å². The highest BCUT2D eigenvalue weighted by atomic mass is 79.9. The van der Waals surface area contributed by atoms with Crippen molar-refractivity contribution in [3.05, 3.63) is 28.2 Å². The highest BCUT2D eigenvalue weighted by molar-refractivity contribution is 9.10. The van der Waals surface area contributed by atoms with Crippen LogP contribution < -0.4 is 4.74 Å².